The predicted molar refractivity (Wildman–Crippen MR) is 131 cm³/mol. The number of allylic oxidation sites excluding steroid dienone is 1. The van der Waals surface area contributed by atoms with Gasteiger partial charge in [0, 0.05) is 12.2 Å². The van der Waals surface area contributed by atoms with E-state index in [0.717, 1.165) is 17.7 Å². The second kappa shape index (κ2) is 11.3. The molecule has 0 spiro atoms. The van der Waals surface area contributed by atoms with Crippen LogP contribution in [0.3, 0.4) is 0 Å². The van der Waals surface area contributed by atoms with E-state index < -0.39 is 11.6 Å². The fourth-order valence-corrected chi connectivity index (χ4v) is 3.44. The first-order chi connectivity index (χ1) is 15.9. The molecule has 0 radical (unpaired) electrons. The first-order valence-corrected chi connectivity index (χ1v) is 10.9. The van der Waals surface area contributed by atoms with Crippen molar-refractivity contribution < 1.29 is 19.0 Å². The minimum atomic E-state index is -0.777. The summed E-state index contributed by atoms with van der Waals surface area (Å²) in [6.07, 6.45) is 0.563. The lowest BCUT2D eigenvalue weighted by atomic mass is 9.92. The molecule has 0 atom stereocenters. The quantitative estimate of drug-likeness (QED) is 0.338. The van der Waals surface area contributed by atoms with Crippen LogP contribution in [-0.2, 0) is 4.79 Å². The van der Waals surface area contributed by atoms with E-state index in [1.165, 1.54) is 12.1 Å². The second-order valence-electron chi connectivity index (χ2n) is 7.87. The molecule has 0 aliphatic rings. The molecule has 2 N–H and O–H groups in total. The van der Waals surface area contributed by atoms with E-state index in [0.29, 0.717) is 35.6 Å². The summed E-state index contributed by atoms with van der Waals surface area (Å²) in [5, 5.41) is 12.5. The maximum Gasteiger partial charge on any atom is 0.256 e. The zero-order valence-electron chi connectivity index (χ0n) is 19.1. The third kappa shape index (κ3) is 6.43. The lowest BCUT2D eigenvalue weighted by Crippen LogP contribution is -2.19. The number of amides is 1. The van der Waals surface area contributed by atoms with Crippen LogP contribution in [0.4, 0.5) is 10.1 Å². The maximum atomic E-state index is 14.2. The number of phenols is 1. The minimum Gasteiger partial charge on any atom is -0.505 e. The molecule has 5 nitrogen and oxygen atoms in total. The number of benzene rings is 3. The lowest BCUT2D eigenvalue weighted by Gasteiger charge is -2.16. The van der Waals surface area contributed by atoms with Crippen LogP contribution in [0.1, 0.15) is 24.5 Å². The highest BCUT2D eigenvalue weighted by Gasteiger charge is 2.20. The molecule has 3 aromatic carbocycles. The molecule has 33 heavy (non-hydrogen) atoms. The van der Waals surface area contributed by atoms with Crippen molar-refractivity contribution in [3.63, 3.8) is 0 Å². The van der Waals surface area contributed by atoms with Crippen LogP contribution in [0.5, 0.6) is 11.5 Å². The van der Waals surface area contributed by atoms with Crippen LogP contribution in [0.25, 0.3) is 11.1 Å². The molecule has 0 bridgehead atoms. The van der Waals surface area contributed by atoms with E-state index in [2.05, 4.69) is 5.32 Å². The van der Waals surface area contributed by atoms with Gasteiger partial charge >= 0.3 is 0 Å². The third-order valence-corrected chi connectivity index (χ3v) is 5.16. The van der Waals surface area contributed by atoms with Crippen LogP contribution in [0.15, 0.2) is 72.8 Å². The summed E-state index contributed by atoms with van der Waals surface area (Å²) in [5.41, 5.74) is 3.01. The van der Waals surface area contributed by atoms with Gasteiger partial charge in [0.15, 0.2) is 11.6 Å². The highest BCUT2D eigenvalue weighted by atomic mass is 19.1. The fraction of sp³-hybridized carbons (Fsp3) is 0.222. The van der Waals surface area contributed by atoms with Gasteiger partial charge in [-0.1, -0.05) is 43.3 Å². The SMILES string of the molecule is CC/C(=C(/C(=O)Nc1ccc(OCCN(C)C)cc1)c1ccc(O)c(F)c1)c1ccccc1. The van der Waals surface area contributed by atoms with Crippen LogP contribution >= 0.6 is 0 Å². The second-order valence-corrected chi connectivity index (χ2v) is 7.87. The van der Waals surface area contributed by atoms with E-state index in [1.807, 2.05) is 56.3 Å². The standard InChI is InChI=1S/C27H29FN2O3/c1-4-23(19-8-6-5-7-9-19)26(20-10-15-25(31)24(28)18-20)27(32)29-21-11-13-22(14-12-21)33-17-16-30(2)3/h5-15,18,31H,4,16-17H2,1-3H3,(H,29,32)/b26-23-. The van der Waals surface area contributed by atoms with Crippen molar-refractivity contribution in [1.82, 2.24) is 4.90 Å². The Hall–Kier alpha value is -3.64. The summed E-state index contributed by atoms with van der Waals surface area (Å²) in [6.45, 7) is 3.32. The number of halogens is 1. The molecule has 0 saturated carbocycles. The number of nitrogens with one attached hydrogen (secondary N) is 1. The summed E-state index contributed by atoms with van der Waals surface area (Å²) < 4.78 is 19.9. The number of phenolic OH excluding ortho intramolecular Hbond substituents is 1. The Morgan fingerprint density at radius 3 is 2.30 bits per heavy atom. The Kier molecular flexibility index (Phi) is 8.22. The van der Waals surface area contributed by atoms with E-state index in [9.17, 15) is 14.3 Å². The monoisotopic (exact) mass is 448 g/mol. The first kappa shape index (κ1) is 24.0. The Morgan fingerprint density at radius 2 is 1.70 bits per heavy atom. The number of likely N-dealkylation sites (N-methyl/N-ethyl adjacent to an activating group) is 1. The minimum absolute atomic E-state index is 0.355. The molecule has 6 heteroatoms. The van der Waals surface area contributed by atoms with Gasteiger partial charge in [0.25, 0.3) is 5.91 Å². The van der Waals surface area contributed by atoms with E-state index in [-0.39, 0.29) is 5.91 Å². The van der Waals surface area contributed by atoms with Gasteiger partial charge < -0.3 is 20.1 Å². The molecule has 0 aliphatic heterocycles. The number of hydrogen-bond donors (Lipinski definition) is 2. The van der Waals surface area contributed by atoms with Gasteiger partial charge in [-0.15, -0.1) is 0 Å². The van der Waals surface area contributed by atoms with Crippen molar-refractivity contribution in [2.75, 3.05) is 32.6 Å². The molecule has 3 aromatic rings. The summed E-state index contributed by atoms with van der Waals surface area (Å²) in [5.74, 6) is -0.881. The smallest absolute Gasteiger partial charge is 0.256 e. The highest BCUT2D eigenvalue weighted by Crippen LogP contribution is 2.32. The molecular weight excluding hydrogens is 419 g/mol. The van der Waals surface area contributed by atoms with Crippen LogP contribution in [-0.4, -0.2) is 43.2 Å². The number of nitrogens with zero attached hydrogens (tertiary/aromatic N) is 1. The largest absolute Gasteiger partial charge is 0.505 e. The number of carbonyl (C=O) groups excluding carboxylic acids is 1. The Labute approximate surface area is 194 Å². The molecule has 0 aliphatic carbocycles. The summed E-state index contributed by atoms with van der Waals surface area (Å²) in [6, 6.07) is 20.7. The molecule has 0 heterocycles. The summed E-state index contributed by atoms with van der Waals surface area (Å²) in [7, 11) is 3.96. The molecule has 1 amide bonds. The van der Waals surface area contributed by atoms with E-state index >= 15 is 0 Å². The Morgan fingerprint density at radius 1 is 1.00 bits per heavy atom. The third-order valence-electron chi connectivity index (χ3n) is 5.16. The van der Waals surface area contributed by atoms with Crippen LogP contribution < -0.4 is 10.1 Å². The highest BCUT2D eigenvalue weighted by molar-refractivity contribution is 6.31. The first-order valence-electron chi connectivity index (χ1n) is 10.9. The Bertz CT molecular complexity index is 1110. The van der Waals surface area contributed by atoms with Crippen molar-refractivity contribution >= 4 is 22.7 Å². The molecule has 3 rings (SSSR count). The van der Waals surface area contributed by atoms with Gasteiger partial charge in [-0.3, -0.25) is 4.79 Å². The summed E-state index contributed by atoms with van der Waals surface area (Å²) >= 11 is 0. The topological polar surface area (TPSA) is 61.8 Å². The van der Waals surface area contributed by atoms with Gasteiger partial charge in [0.2, 0.25) is 0 Å². The number of carbonyl (C=O) groups is 1. The van der Waals surface area contributed by atoms with E-state index in [4.69, 9.17) is 4.74 Å². The summed E-state index contributed by atoms with van der Waals surface area (Å²) in [4.78, 5) is 15.5. The normalized spacial score (nSPS) is 11.8. The number of rotatable bonds is 9. The maximum absolute atomic E-state index is 14.2. The molecule has 0 unspecified atom stereocenters. The van der Waals surface area contributed by atoms with Gasteiger partial charge in [-0.2, -0.15) is 0 Å². The molecule has 0 saturated heterocycles. The number of anilines is 1. The van der Waals surface area contributed by atoms with Crippen molar-refractivity contribution in [3.05, 3.63) is 89.7 Å². The average Bonchev–Trinajstić information content (AvgIpc) is 2.80. The number of aromatic hydroxyl groups is 1. The molecular formula is C27H29FN2O3. The van der Waals surface area contributed by atoms with Crippen molar-refractivity contribution in [2.24, 2.45) is 0 Å². The predicted octanol–water partition coefficient (Wildman–Crippen LogP) is 5.43. The van der Waals surface area contributed by atoms with Gasteiger partial charge in [-0.25, -0.2) is 4.39 Å². The zero-order chi connectivity index (χ0) is 23.8. The van der Waals surface area contributed by atoms with Gasteiger partial charge in [0.05, 0.1) is 5.57 Å². The van der Waals surface area contributed by atoms with E-state index in [1.54, 1.807) is 30.3 Å². The van der Waals surface area contributed by atoms with Crippen molar-refractivity contribution in [1.29, 1.82) is 0 Å². The lowest BCUT2D eigenvalue weighted by molar-refractivity contribution is -0.111. The van der Waals surface area contributed by atoms with Crippen LogP contribution in [0.2, 0.25) is 0 Å². The Balaban J connectivity index is 1.91. The number of hydrogen-bond acceptors (Lipinski definition) is 4. The molecule has 0 aromatic heterocycles. The molecule has 172 valence electrons. The van der Waals surface area contributed by atoms with Gasteiger partial charge in [-0.05, 0) is 73.6 Å². The van der Waals surface area contributed by atoms with Gasteiger partial charge in [0.1, 0.15) is 12.4 Å². The number of ether oxygens (including phenoxy) is 1. The molecule has 0 fully saturated rings. The van der Waals surface area contributed by atoms with Crippen molar-refractivity contribution in [3.8, 4) is 11.5 Å². The average molecular weight is 449 g/mol. The van der Waals surface area contributed by atoms with Crippen LogP contribution in [0, 0.1) is 5.82 Å². The van der Waals surface area contributed by atoms with Crippen molar-refractivity contribution in [2.45, 2.75) is 13.3 Å². The fourth-order valence-electron chi connectivity index (χ4n) is 3.44. The zero-order valence-corrected chi connectivity index (χ0v) is 19.1.